The second-order valence-electron chi connectivity index (χ2n) is 4.90. The topological polar surface area (TPSA) is 131 Å². The van der Waals surface area contributed by atoms with Crippen LogP contribution in [0.4, 0.5) is 8.78 Å². The number of nitrogens with zero attached hydrogens (tertiary/aromatic N) is 3. The van der Waals surface area contributed by atoms with Gasteiger partial charge in [0.2, 0.25) is 5.90 Å². The lowest BCUT2D eigenvalue weighted by atomic mass is 10.1. The Kier molecular flexibility index (Phi) is 5.32. The lowest BCUT2D eigenvalue weighted by Gasteiger charge is -2.07. The molecule has 0 atom stereocenters. The molecule has 0 saturated heterocycles. The molecule has 4 N–H and O–H groups in total. The Hall–Kier alpha value is -3.43. The Bertz CT molecular complexity index is 875. The second-order valence-corrected chi connectivity index (χ2v) is 4.90. The van der Waals surface area contributed by atoms with Gasteiger partial charge in [-0.2, -0.15) is 0 Å². The molecule has 10 heteroatoms. The van der Waals surface area contributed by atoms with E-state index in [-0.39, 0.29) is 18.2 Å². The molecule has 0 radical (unpaired) electrons. The molecular weight excluding hydrogens is 334 g/mol. The zero-order valence-electron chi connectivity index (χ0n) is 13.1. The lowest BCUT2D eigenvalue weighted by molar-refractivity contribution is -0.111. The van der Waals surface area contributed by atoms with E-state index < -0.39 is 23.3 Å². The monoisotopic (exact) mass is 348 g/mol. The van der Waals surface area contributed by atoms with Crippen LogP contribution in [0, 0.1) is 22.5 Å². The highest BCUT2D eigenvalue weighted by Crippen LogP contribution is 2.23. The first-order valence-electron chi connectivity index (χ1n) is 6.91. The molecule has 0 aliphatic carbocycles. The number of ether oxygens (including phenoxy) is 1. The highest BCUT2D eigenvalue weighted by atomic mass is 19.2. The normalized spacial score (nSPS) is 10.8. The number of rotatable bonds is 6. The number of carbonyl (C=O) groups is 1. The Labute approximate surface area is 140 Å². The number of benzene rings is 1. The average Bonchev–Trinajstić information content (AvgIpc) is 2.93. The minimum Gasteiger partial charge on any atom is -0.471 e. The molecular formula is C15H14F2N6O2. The molecule has 0 spiro atoms. The van der Waals surface area contributed by atoms with E-state index in [0.717, 1.165) is 24.3 Å². The van der Waals surface area contributed by atoms with Crippen molar-refractivity contribution in [3.05, 3.63) is 47.7 Å². The SMILES string of the molecule is Cn1nnc(-c2ccc(F)c(F)c2)c1COC(=N)/C=C\C(=N)C(N)=O. The Morgan fingerprint density at radius 3 is 2.68 bits per heavy atom. The summed E-state index contributed by atoms with van der Waals surface area (Å²) in [5.41, 5.74) is 5.44. The lowest BCUT2D eigenvalue weighted by Crippen LogP contribution is -2.20. The predicted molar refractivity (Wildman–Crippen MR) is 84.9 cm³/mol. The van der Waals surface area contributed by atoms with Gasteiger partial charge in [-0.15, -0.1) is 5.10 Å². The Morgan fingerprint density at radius 2 is 2.04 bits per heavy atom. The highest BCUT2D eigenvalue weighted by Gasteiger charge is 2.15. The van der Waals surface area contributed by atoms with Crippen molar-refractivity contribution in [1.29, 1.82) is 10.8 Å². The smallest absolute Gasteiger partial charge is 0.266 e. The van der Waals surface area contributed by atoms with E-state index in [1.54, 1.807) is 7.05 Å². The zero-order chi connectivity index (χ0) is 18.6. The molecule has 25 heavy (non-hydrogen) atoms. The first-order valence-corrected chi connectivity index (χ1v) is 6.91. The minimum atomic E-state index is -1.02. The van der Waals surface area contributed by atoms with Gasteiger partial charge >= 0.3 is 0 Å². The van der Waals surface area contributed by atoms with Gasteiger partial charge in [0.15, 0.2) is 11.6 Å². The Morgan fingerprint density at radius 1 is 1.32 bits per heavy atom. The summed E-state index contributed by atoms with van der Waals surface area (Å²) in [6.45, 7) is -0.134. The number of primary amides is 1. The fourth-order valence-corrected chi connectivity index (χ4v) is 1.84. The third kappa shape index (κ3) is 4.31. The van der Waals surface area contributed by atoms with Crippen molar-refractivity contribution < 1.29 is 18.3 Å². The summed E-state index contributed by atoms with van der Waals surface area (Å²) >= 11 is 0. The van der Waals surface area contributed by atoms with Gasteiger partial charge in [-0.3, -0.25) is 15.6 Å². The van der Waals surface area contributed by atoms with E-state index >= 15 is 0 Å². The van der Waals surface area contributed by atoms with E-state index in [4.69, 9.17) is 21.3 Å². The summed E-state index contributed by atoms with van der Waals surface area (Å²) in [7, 11) is 1.58. The number of carbonyl (C=O) groups excluding carboxylic acids is 1. The maximum atomic E-state index is 13.4. The summed E-state index contributed by atoms with van der Waals surface area (Å²) in [6.07, 6.45) is 2.12. The molecule has 0 saturated carbocycles. The van der Waals surface area contributed by atoms with Crippen LogP contribution in [0.25, 0.3) is 11.3 Å². The van der Waals surface area contributed by atoms with Crippen LogP contribution < -0.4 is 5.73 Å². The maximum Gasteiger partial charge on any atom is 0.266 e. The molecule has 2 aromatic rings. The largest absolute Gasteiger partial charge is 0.471 e. The summed E-state index contributed by atoms with van der Waals surface area (Å²) in [4.78, 5) is 10.7. The van der Waals surface area contributed by atoms with Gasteiger partial charge in [0.25, 0.3) is 5.91 Å². The van der Waals surface area contributed by atoms with Crippen LogP contribution in [0.2, 0.25) is 0 Å². The van der Waals surface area contributed by atoms with E-state index in [9.17, 15) is 13.6 Å². The third-order valence-electron chi connectivity index (χ3n) is 3.17. The van der Waals surface area contributed by atoms with Crippen LogP contribution in [0.15, 0.2) is 30.4 Å². The van der Waals surface area contributed by atoms with Crippen molar-refractivity contribution >= 4 is 17.5 Å². The number of amides is 1. The van der Waals surface area contributed by atoms with Gasteiger partial charge in [-0.25, -0.2) is 13.5 Å². The van der Waals surface area contributed by atoms with Gasteiger partial charge in [0, 0.05) is 18.7 Å². The van der Waals surface area contributed by atoms with Gasteiger partial charge in [0.1, 0.15) is 23.7 Å². The van der Waals surface area contributed by atoms with Gasteiger partial charge in [-0.05, 0) is 24.3 Å². The molecule has 1 aromatic heterocycles. The molecule has 2 rings (SSSR count). The first-order chi connectivity index (χ1) is 11.8. The molecule has 1 aromatic carbocycles. The summed E-state index contributed by atoms with van der Waals surface area (Å²) in [6, 6.07) is 3.32. The van der Waals surface area contributed by atoms with E-state index in [1.165, 1.54) is 10.7 Å². The molecule has 0 aliphatic heterocycles. The summed E-state index contributed by atoms with van der Waals surface area (Å²) < 4.78 is 33.0. The number of hydrogen-bond acceptors (Lipinski definition) is 6. The molecule has 8 nitrogen and oxygen atoms in total. The van der Waals surface area contributed by atoms with Gasteiger partial charge in [-0.1, -0.05) is 5.21 Å². The standard InChI is InChI=1S/C15H14F2N6O2/c1-23-12(7-25-13(19)5-4-11(18)15(20)24)14(21-22-23)8-2-3-9(16)10(17)6-8/h2-6,18-19H,7H2,1H3,(H2,20,24)/b5-4-,18-11?,19-13?. The number of nitrogens with one attached hydrogen (secondary N) is 2. The summed E-state index contributed by atoms with van der Waals surface area (Å²) in [5, 5.41) is 22.5. The van der Waals surface area contributed by atoms with Gasteiger partial charge in [0.05, 0.1) is 0 Å². The highest BCUT2D eigenvalue weighted by molar-refractivity contribution is 6.41. The van der Waals surface area contributed by atoms with Crippen molar-refractivity contribution in [2.45, 2.75) is 6.61 Å². The van der Waals surface area contributed by atoms with Crippen molar-refractivity contribution in [3.63, 3.8) is 0 Å². The number of aryl methyl sites for hydroxylation is 1. The minimum absolute atomic E-state index is 0.134. The van der Waals surface area contributed by atoms with E-state index in [2.05, 4.69) is 10.3 Å². The van der Waals surface area contributed by atoms with Crippen LogP contribution in [0.1, 0.15) is 5.69 Å². The van der Waals surface area contributed by atoms with Crippen molar-refractivity contribution in [2.24, 2.45) is 12.8 Å². The number of halogens is 2. The van der Waals surface area contributed by atoms with Crippen LogP contribution >= 0.6 is 0 Å². The number of aromatic nitrogens is 3. The zero-order valence-corrected chi connectivity index (χ0v) is 13.1. The van der Waals surface area contributed by atoms with Crippen molar-refractivity contribution in [2.75, 3.05) is 0 Å². The van der Waals surface area contributed by atoms with Crippen LogP contribution in [0.3, 0.4) is 0 Å². The van der Waals surface area contributed by atoms with Crippen LogP contribution in [0.5, 0.6) is 0 Å². The quantitative estimate of drug-likeness (QED) is 0.536. The molecule has 0 aliphatic rings. The van der Waals surface area contributed by atoms with Crippen molar-refractivity contribution in [1.82, 2.24) is 15.0 Å². The fourth-order valence-electron chi connectivity index (χ4n) is 1.84. The third-order valence-corrected chi connectivity index (χ3v) is 3.17. The molecule has 1 amide bonds. The van der Waals surface area contributed by atoms with Crippen molar-refractivity contribution in [3.8, 4) is 11.3 Å². The second kappa shape index (κ2) is 7.43. The fraction of sp³-hybridized carbons (Fsp3) is 0.133. The Balaban J connectivity index is 2.14. The van der Waals surface area contributed by atoms with Crippen LogP contribution in [-0.4, -0.2) is 32.5 Å². The molecule has 1 heterocycles. The summed E-state index contributed by atoms with van der Waals surface area (Å²) in [5.74, 6) is -3.26. The predicted octanol–water partition coefficient (Wildman–Crippen LogP) is 1.32. The maximum absolute atomic E-state index is 13.4. The molecule has 0 unspecified atom stereocenters. The van der Waals surface area contributed by atoms with E-state index in [1.807, 2.05) is 0 Å². The molecule has 0 bridgehead atoms. The van der Waals surface area contributed by atoms with Gasteiger partial charge < -0.3 is 10.5 Å². The average molecular weight is 348 g/mol. The molecule has 130 valence electrons. The van der Waals surface area contributed by atoms with Crippen LogP contribution in [-0.2, 0) is 23.2 Å². The number of nitrogens with two attached hydrogens (primary N) is 1. The van der Waals surface area contributed by atoms with E-state index in [0.29, 0.717) is 11.3 Å². The molecule has 0 fully saturated rings. The first kappa shape index (κ1) is 17.9. The number of hydrogen-bond donors (Lipinski definition) is 3.